The van der Waals surface area contributed by atoms with Gasteiger partial charge in [-0.25, -0.2) is 16.8 Å². The van der Waals surface area contributed by atoms with Crippen LogP contribution >= 0.6 is 0 Å². The standard InChI is InChI=1S/2C16H14O5S/c2*1-20-15-11-5-3-4-6-12(11)16(21-2)14-9-10(22(17,18)19)7-8-13(14)15/h2*3-9H,1-2H3,(H,17,18,19)/p-2. The average molecular weight is 635 g/mol. The molecule has 0 aromatic heterocycles. The van der Waals surface area contributed by atoms with Gasteiger partial charge in [0, 0.05) is 43.1 Å². The van der Waals surface area contributed by atoms with Crippen molar-refractivity contribution in [2.75, 3.05) is 28.4 Å². The van der Waals surface area contributed by atoms with Crippen molar-refractivity contribution < 1.29 is 44.9 Å². The lowest BCUT2D eigenvalue weighted by atomic mass is 10.0. The van der Waals surface area contributed by atoms with Crippen molar-refractivity contribution in [1.82, 2.24) is 0 Å². The van der Waals surface area contributed by atoms with Gasteiger partial charge in [-0.2, -0.15) is 0 Å². The van der Waals surface area contributed by atoms with Gasteiger partial charge in [0.1, 0.15) is 43.2 Å². The molecule has 0 amide bonds. The number of ether oxygens (including phenoxy) is 4. The third-order valence-corrected chi connectivity index (χ3v) is 8.85. The van der Waals surface area contributed by atoms with E-state index in [0.717, 1.165) is 21.5 Å². The van der Waals surface area contributed by atoms with Crippen LogP contribution in [0.2, 0.25) is 0 Å². The highest BCUT2D eigenvalue weighted by Gasteiger charge is 2.18. The van der Waals surface area contributed by atoms with Crippen LogP contribution in [-0.2, 0) is 20.2 Å². The van der Waals surface area contributed by atoms with Gasteiger partial charge in [0.2, 0.25) is 0 Å². The molecule has 0 saturated carbocycles. The van der Waals surface area contributed by atoms with Crippen molar-refractivity contribution in [3.8, 4) is 23.0 Å². The summed E-state index contributed by atoms with van der Waals surface area (Å²) in [6.45, 7) is 0. The molecule has 228 valence electrons. The van der Waals surface area contributed by atoms with Gasteiger partial charge in [-0.05, 0) is 36.4 Å². The number of rotatable bonds is 6. The first-order valence-corrected chi connectivity index (χ1v) is 15.8. The normalized spacial score (nSPS) is 11.8. The second kappa shape index (κ2) is 11.8. The average Bonchev–Trinajstić information content (AvgIpc) is 3.01. The van der Waals surface area contributed by atoms with Gasteiger partial charge in [0.25, 0.3) is 0 Å². The lowest BCUT2D eigenvalue weighted by molar-refractivity contribution is 0.417. The van der Waals surface area contributed by atoms with Crippen LogP contribution in [0.25, 0.3) is 43.1 Å². The molecule has 0 atom stereocenters. The first kappa shape index (κ1) is 30.8. The van der Waals surface area contributed by atoms with Gasteiger partial charge in [0.05, 0.1) is 38.2 Å². The van der Waals surface area contributed by atoms with E-state index in [-0.39, 0.29) is 9.79 Å². The molecule has 0 unspecified atom stereocenters. The maximum atomic E-state index is 11.3. The summed E-state index contributed by atoms with van der Waals surface area (Å²) in [4.78, 5) is -0.591. The largest absolute Gasteiger partial charge is 0.744 e. The highest BCUT2D eigenvalue weighted by molar-refractivity contribution is 7.86. The SMILES string of the molecule is COc1c2ccccc2c(OC)c2cc(S(=O)(=O)[O-])ccc12.COc1c2ccccc2c(OC)c2cc(S(=O)(=O)[O-])ccc12. The van der Waals surface area contributed by atoms with Crippen LogP contribution in [0, 0.1) is 0 Å². The van der Waals surface area contributed by atoms with E-state index in [9.17, 15) is 25.9 Å². The highest BCUT2D eigenvalue weighted by atomic mass is 32.2. The molecule has 0 saturated heterocycles. The quantitative estimate of drug-likeness (QED) is 0.162. The van der Waals surface area contributed by atoms with Gasteiger partial charge in [-0.1, -0.05) is 48.5 Å². The lowest BCUT2D eigenvalue weighted by Gasteiger charge is -2.16. The molecule has 44 heavy (non-hydrogen) atoms. The van der Waals surface area contributed by atoms with Crippen molar-refractivity contribution >= 4 is 63.3 Å². The van der Waals surface area contributed by atoms with Crippen molar-refractivity contribution in [1.29, 1.82) is 0 Å². The number of fused-ring (bicyclic) bond motifs is 4. The Balaban J connectivity index is 0.000000175. The molecule has 6 aromatic rings. The van der Waals surface area contributed by atoms with E-state index in [1.165, 1.54) is 38.5 Å². The van der Waals surface area contributed by atoms with Crippen LogP contribution < -0.4 is 18.9 Å². The second-order valence-corrected chi connectivity index (χ2v) is 12.3. The number of benzene rings is 6. The Kier molecular flexibility index (Phi) is 8.28. The van der Waals surface area contributed by atoms with Crippen LogP contribution in [0.15, 0.2) is 94.7 Å². The molecular formula is C32H26O10S2-2. The Morgan fingerprint density at radius 2 is 0.659 bits per heavy atom. The third-order valence-electron chi connectivity index (χ3n) is 7.19. The Labute approximate surface area is 253 Å². The van der Waals surface area contributed by atoms with Crippen LogP contribution in [0.3, 0.4) is 0 Å². The summed E-state index contributed by atoms with van der Waals surface area (Å²) >= 11 is 0. The Morgan fingerprint density at radius 3 is 0.909 bits per heavy atom. The second-order valence-electron chi connectivity index (χ2n) is 9.55. The van der Waals surface area contributed by atoms with E-state index in [1.54, 1.807) is 26.4 Å². The highest BCUT2D eigenvalue weighted by Crippen LogP contribution is 2.44. The van der Waals surface area contributed by atoms with E-state index in [4.69, 9.17) is 18.9 Å². The van der Waals surface area contributed by atoms with Gasteiger partial charge < -0.3 is 28.1 Å². The van der Waals surface area contributed by atoms with Crippen molar-refractivity contribution in [3.05, 3.63) is 84.9 Å². The molecule has 12 heteroatoms. The fraction of sp³-hybridized carbons (Fsp3) is 0.125. The minimum atomic E-state index is -4.54. The van der Waals surface area contributed by atoms with Crippen LogP contribution in [-0.4, -0.2) is 54.4 Å². The minimum Gasteiger partial charge on any atom is -0.744 e. The molecule has 6 rings (SSSR count). The van der Waals surface area contributed by atoms with Crippen molar-refractivity contribution in [2.24, 2.45) is 0 Å². The Morgan fingerprint density at radius 1 is 0.409 bits per heavy atom. The molecule has 0 spiro atoms. The maximum Gasteiger partial charge on any atom is 0.134 e. The van der Waals surface area contributed by atoms with E-state index in [2.05, 4.69) is 0 Å². The Hall–Kier alpha value is -4.62. The molecule has 0 bridgehead atoms. The molecule has 10 nitrogen and oxygen atoms in total. The molecular weight excluding hydrogens is 608 g/mol. The molecule has 0 heterocycles. The molecule has 0 aliphatic carbocycles. The molecule has 0 aliphatic rings. The zero-order chi connectivity index (χ0) is 31.8. The predicted octanol–water partition coefficient (Wildman–Crippen LogP) is 5.83. The molecule has 0 fully saturated rings. The number of hydrogen-bond donors (Lipinski definition) is 0. The van der Waals surface area contributed by atoms with E-state index in [0.29, 0.717) is 44.5 Å². The first-order chi connectivity index (χ1) is 20.9. The Bertz CT molecular complexity index is 2120. The summed E-state index contributed by atoms with van der Waals surface area (Å²) in [5.41, 5.74) is 0. The number of methoxy groups -OCH3 is 4. The van der Waals surface area contributed by atoms with E-state index in [1.807, 2.05) is 48.5 Å². The summed E-state index contributed by atoms with van der Waals surface area (Å²) in [5.74, 6) is 2.25. The lowest BCUT2D eigenvalue weighted by Crippen LogP contribution is -1.99. The number of hydrogen-bond acceptors (Lipinski definition) is 10. The van der Waals surface area contributed by atoms with E-state index < -0.39 is 20.2 Å². The zero-order valence-electron chi connectivity index (χ0n) is 24.0. The molecule has 0 N–H and O–H groups in total. The molecule has 0 aliphatic heterocycles. The van der Waals surface area contributed by atoms with Gasteiger partial charge in [-0.3, -0.25) is 0 Å². The van der Waals surface area contributed by atoms with E-state index >= 15 is 0 Å². The fourth-order valence-corrected chi connectivity index (χ4v) is 6.34. The van der Waals surface area contributed by atoms with Crippen LogP contribution in [0.1, 0.15) is 0 Å². The van der Waals surface area contributed by atoms with Crippen LogP contribution in [0.4, 0.5) is 0 Å². The van der Waals surface area contributed by atoms with Crippen LogP contribution in [0.5, 0.6) is 23.0 Å². The van der Waals surface area contributed by atoms with Crippen molar-refractivity contribution in [2.45, 2.75) is 9.79 Å². The molecule has 0 radical (unpaired) electrons. The summed E-state index contributed by atoms with van der Waals surface area (Å²) in [6, 6.07) is 23.3. The maximum absolute atomic E-state index is 11.3. The summed E-state index contributed by atoms with van der Waals surface area (Å²) in [5, 5.41) is 5.70. The summed E-state index contributed by atoms with van der Waals surface area (Å²) < 4.78 is 89.5. The van der Waals surface area contributed by atoms with Gasteiger partial charge in [0.15, 0.2) is 0 Å². The third kappa shape index (κ3) is 5.44. The minimum absolute atomic E-state index is 0.296. The summed E-state index contributed by atoms with van der Waals surface area (Å²) in [6.07, 6.45) is 0. The fourth-order valence-electron chi connectivity index (χ4n) is 5.35. The van der Waals surface area contributed by atoms with Gasteiger partial charge >= 0.3 is 0 Å². The predicted molar refractivity (Wildman–Crippen MR) is 165 cm³/mol. The topological polar surface area (TPSA) is 151 Å². The zero-order valence-corrected chi connectivity index (χ0v) is 25.6. The van der Waals surface area contributed by atoms with Gasteiger partial charge in [-0.15, -0.1) is 0 Å². The summed E-state index contributed by atoms with van der Waals surface area (Å²) in [7, 11) is -2.97. The first-order valence-electron chi connectivity index (χ1n) is 13.0. The molecule has 6 aromatic carbocycles. The monoisotopic (exact) mass is 634 g/mol. The smallest absolute Gasteiger partial charge is 0.134 e. The van der Waals surface area contributed by atoms with Crippen molar-refractivity contribution in [3.63, 3.8) is 0 Å².